The fraction of sp³-hybridized carbons (Fsp3) is 0.364. The van der Waals surface area contributed by atoms with Crippen molar-refractivity contribution in [2.75, 3.05) is 7.11 Å². The van der Waals surface area contributed by atoms with Crippen molar-refractivity contribution in [3.05, 3.63) is 69.3 Å². The summed E-state index contributed by atoms with van der Waals surface area (Å²) in [7, 11) is 1.43. The van der Waals surface area contributed by atoms with Crippen LogP contribution in [0.1, 0.15) is 55.5 Å². The Bertz CT molecular complexity index is 910. The van der Waals surface area contributed by atoms with Crippen LogP contribution in [0.3, 0.4) is 0 Å². The topological polar surface area (TPSA) is 43.4 Å². The van der Waals surface area contributed by atoms with Gasteiger partial charge in [0, 0.05) is 5.56 Å². The van der Waals surface area contributed by atoms with E-state index < -0.39 is 0 Å². The van der Waals surface area contributed by atoms with Gasteiger partial charge in [0.05, 0.1) is 12.7 Å². The Morgan fingerprint density at radius 2 is 1.52 bits per heavy atom. The number of benzene rings is 2. The number of ether oxygens (including phenoxy) is 1. The van der Waals surface area contributed by atoms with Crippen LogP contribution in [-0.2, 0) is 30.4 Å². The zero-order valence-corrected chi connectivity index (χ0v) is 14.9. The minimum Gasteiger partial charge on any atom is -0.465 e. The van der Waals surface area contributed by atoms with Crippen molar-refractivity contribution in [3.63, 3.8) is 0 Å². The zero-order valence-electron chi connectivity index (χ0n) is 14.9. The van der Waals surface area contributed by atoms with Gasteiger partial charge in [0.15, 0.2) is 5.78 Å². The Kier molecular flexibility index (Phi) is 3.57. The van der Waals surface area contributed by atoms with Crippen LogP contribution in [0, 0.1) is 12.3 Å². The molecule has 1 atom stereocenters. The van der Waals surface area contributed by atoms with E-state index in [4.69, 9.17) is 4.74 Å². The Balaban J connectivity index is 1.66. The highest BCUT2D eigenvalue weighted by atomic mass is 16.5. The van der Waals surface area contributed by atoms with Crippen molar-refractivity contribution < 1.29 is 14.3 Å². The van der Waals surface area contributed by atoms with Gasteiger partial charge in [-0.05, 0) is 84.9 Å². The Labute approximate surface area is 148 Å². The highest BCUT2D eigenvalue weighted by molar-refractivity contribution is 5.94. The number of methoxy groups -OCH3 is 1. The van der Waals surface area contributed by atoms with Gasteiger partial charge in [-0.15, -0.1) is 0 Å². The Morgan fingerprint density at radius 1 is 0.920 bits per heavy atom. The molecule has 1 unspecified atom stereocenters. The monoisotopic (exact) mass is 334 g/mol. The van der Waals surface area contributed by atoms with E-state index in [2.05, 4.69) is 18.2 Å². The molecule has 0 aliphatic heterocycles. The van der Waals surface area contributed by atoms with Crippen LogP contribution in [0.25, 0.3) is 0 Å². The van der Waals surface area contributed by atoms with Crippen molar-refractivity contribution in [2.45, 2.75) is 39.5 Å². The quantitative estimate of drug-likeness (QED) is 0.618. The van der Waals surface area contributed by atoms with E-state index in [0.29, 0.717) is 5.56 Å². The molecule has 128 valence electrons. The highest BCUT2D eigenvalue weighted by Gasteiger charge is 2.42. The number of rotatable bonds is 2. The normalized spacial score (nSPS) is 20.4. The molecule has 2 aliphatic carbocycles. The minimum atomic E-state index is -0.262. The lowest BCUT2D eigenvalue weighted by molar-refractivity contribution is 0.0599. The molecule has 25 heavy (non-hydrogen) atoms. The summed E-state index contributed by atoms with van der Waals surface area (Å²) in [4.78, 5) is 23.6. The van der Waals surface area contributed by atoms with Crippen LogP contribution in [0.2, 0.25) is 0 Å². The fourth-order valence-corrected chi connectivity index (χ4v) is 4.64. The number of carbonyl (C=O) groups is 2. The summed E-state index contributed by atoms with van der Waals surface area (Å²) in [6, 6.07) is 10.3. The van der Waals surface area contributed by atoms with Crippen LogP contribution < -0.4 is 0 Å². The number of esters is 1. The first-order chi connectivity index (χ1) is 11.9. The van der Waals surface area contributed by atoms with Gasteiger partial charge in [0.25, 0.3) is 0 Å². The third-order valence-electron chi connectivity index (χ3n) is 5.83. The SMILES string of the molecule is COC(=O)c1cc2c(cc1C)CC1(Cc3ccc(C(C)=O)cc3C1)C2. The summed E-state index contributed by atoms with van der Waals surface area (Å²) in [5.74, 6) is -0.140. The highest BCUT2D eigenvalue weighted by Crippen LogP contribution is 2.47. The van der Waals surface area contributed by atoms with E-state index in [-0.39, 0.29) is 17.2 Å². The van der Waals surface area contributed by atoms with Crippen LogP contribution in [0.15, 0.2) is 30.3 Å². The van der Waals surface area contributed by atoms with E-state index in [1.165, 1.54) is 29.4 Å². The van der Waals surface area contributed by atoms with Gasteiger partial charge in [0.2, 0.25) is 0 Å². The molecule has 2 aromatic rings. The van der Waals surface area contributed by atoms with Gasteiger partial charge in [-0.1, -0.05) is 18.2 Å². The van der Waals surface area contributed by atoms with E-state index in [9.17, 15) is 9.59 Å². The molecule has 0 fully saturated rings. The number of aryl methyl sites for hydroxylation is 1. The first-order valence-corrected chi connectivity index (χ1v) is 8.74. The number of ketones is 1. The van der Waals surface area contributed by atoms with Crippen molar-refractivity contribution in [1.29, 1.82) is 0 Å². The number of Topliss-reactive ketones (excluding diaryl/α,β-unsaturated/α-hetero) is 1. The average Bonchev–Trinajstić information content (AvgIpc) is 3.10. The van der Waals surface area contributed by atoms with Gasteiger partial charge in [-0.2, -0.15) is 0 Å². The first-order valence-electron chi connectivity index (χ1n) is 8.74. The van der Waals surface area contributed by atoms with Crippen molar-refractivity contribution in [2.24, 2.45) is 5.41 Å². The molecule has 0 radical (unpaired) electrons. The minimum absolute atomic E-state index is 0.122. The molecule has 0 heterocycles. The molecule has 0 amide bonds. The van der Waals surface area contributed by atoms with E-state index in [0.717, 1.165) is 36.8 Å². The summed E-state index contributed by atoms with van der Waals surface area (Å²) in [6.07, 6.45) is 4.07. The van der Waals surface area contributed by atoms with E-state index in [1.54, 1.807) is 6.92 Å². The van der Waals surface area contributed by atoms with Crippen LogP contribution >= 0.6 is 0 Å². The number of hydrogen-bond acceptors (Lipinski definition) is 3. The summed E-state index contributed by atoms with van der Waals surface area (Å²) in [5, 5.41) is 0. The second-order valence-corrected chi connectivity index (χ2v) is 7.67. The number of fused-ring (bicyclic) bond motifs is 2. The fourth-order valence-electron chi connectivity index (χ4n) is 4.64. The molecule has 3 heteroatoms. The molecule has 2 aromatic carbocycles. The first kappa shape index (κ1) is 16.1. The molecule has 3 nitrogen and oxygen atoms in total. The number of hydrogen-bond donors (Lipinski definition) is 0. The van der Waals surface area contributed by atoms with Gasteiger partial charge < -0.3 is 4.74 Å². The van der Waals surface area contributed by atoms with Crippen LogP contribution in [0.5, 0.6) is 0 Å². The van der Waals surface area contributed by atoms with E-state index in [1.807, 2.05) is 19.1 Å². The molecule has 0 saturated carbocycles. The molecule has 2 aliphatic rings. The molecule has 0 saturated heterocycles. The second-order valence-electron chi connectivity index (χ2n) is 7.67. The molecule has 4 rings (SSSR count). The van der Waals surface area contributed by atoms with Crippen molar-refractivity contribution >= 4 is 11.8 Å². The summed E-state index contributed by atoms with van der Waals surface area (Å²) < 4.78 is 4.91. The molecular weight excluding hydrogens is 312 g/mol. The van der Waals surface area contributed by atoms with Gasteiger partial charge in [-0.25, -0.2) is 4.79 Å². The maximum atomic E-state index is 12.0. The van der Waals surface area contributed by atoms with Gasteiger partial charge in [-0.3, -0.25) is 4.79 Å². The Morgan fingerprint density at radius 3 is 2.16 bits per heavy atom. The molecule has 0 N–H and O–H groups in total. The van der Waals surface area contributed by atoms with Crippen LogP contribution in [-0.4, -0.2) is 18.9 Å². The molecule has 0 bridgehead atoms. The maximum absolute atomic E-state index is 12.0. The Hall–Kier alpha value is -2.42. The summed E-state index contributed by atoms with van der Waals surface area (Å²) >= 11 is 0. The van der Waals surface area contributed by atoms with Gasteiger partial charge in [0.1, 0.15) is 0 Å². The molecular formula is C22H22O3. The van der Waals surface area contributed by atoms with Crippen LogP contribution in [0.4, 0.5) is 0 Å². The maximum Gasteiger partial charge on any atom is 0.338 e. The standard InChI is InChI=1S/C22H22O3/c1-13-6-17-10-22(12-19(17)8-20(13)21(24)25-3)9-16-5-4-15(14(2)23)7-18(16)11-22/h4-8H,9-12H2,1-3H3. The molecule has 1 spiro atoms. The predicted octanol–water partition coefficient (Wildman–Crippen LogP) is 3.87. The summed E-state index contributed by atoms with van der Waals surface area (Å²) in [5.41, 5.74) is 7.95. The smallest absolute Gasteiger partial charge is 0.338 e. The summed E-state index contributed by atoms with van der Waals surface area (Å²) in [6.45, 7) is 3.59. The largest absolute Gasteiger partial charge is 0.465 e. The lowest BCUT2D eigenvalue weighted by Gasteiger charge is -2.21. The second kappa shape index (κ2) is 5.55. The average molecular weight is 334 g/mol. The van der Waals surface area contributed by atoms with E-state index >= 15 is 0 Å². The predicted molar refractivity (Wildman–Crippen MR) is 96.2 cm³/mol. The van der Waals surface area contributed by atoms with Crippen molar-refractivity contribution in [3.8, 4) is 0 Å². The van der Waals surface area contributed by atoms with Crippen molar-refractivity contribution in [1.82, 2.24) is 0 Å². The number of carbonyl (C=O) groups excluding carboxylic acids is 2. The third-order valence-corrected chi connectivity index (χ3v) is 5.83. The third kappa shape index (κ3) is 2.58. The van der Waals surface area contributed by atoms with Gasteiger partial charge >= 0.3 is 5.97 Å². The zero-order chi connectivity index (χ0) is 17.8. The molecule has 0 aromatic heterocycles. The lowest BCUT2D eigenvalue weighted by Crippen LogP contribution is -2.21. The lowest BCUT2D eigenvalue weighted by atomic mass is 9.82.